The fraction of sp³-hybridized carbons (Fsp3) is 0.294. The zero-order valence-corrected chi connectivity index (χ0v) is 15.9. The number of tetrazole rings is 1. The zero-order valence-electron chi connectivity index (χ0n) is 14.3. The molecule has 1 saturated heterocycles. The number of thiophene rings is 1. The summed E-state index contributed by atoms with van der Waals surface area (Å²) in [6, 6.07) is 10.7. The molecular weight excluding hydrogens is 386 g/mol. The average molecular weight is 403 g/mol. The Hall–Kier alpha value is -2.59. The summed E-state index contributed by atoms with van der Waals surface area (Å²) in [4.78, 5) is 15.4. The number of hydrogen-bond donors (Lipinski definition) is 0. The Bertz CT molecular complexity index is 1030. The van der Waals surface area contributed by atoms with Crippen molar-refractivity contribution in [2.24, 2.45) is 0 Å². The van der Waals surface area contributed by atoms with Gasteiger partial charge in [-0.25, -0.2) is 13.1 Å². The molecule has 0 radical (unpaired) electrons. The van der Waals surface area contributed by atoms with Crippen LogP contribution in [0, 0.1) is 0 Å². The van der Waals surface area contributed by atoms with Crippen LogP contribution in [0.2, 0.25) is 0 Å². The van der Waals surface area contributed by atoms with Crippen molar-refractivity contribution < 1.29 is 13.2 Å². The van der Waals surface area contributed by atoms with E-state index in [2.05, 4.69) is 15.5 Å². The Morgan fingerprint density at radius 1 is 1.19 bits per heavy atom. The van der Waals surface area contributed by atoms with Crippen molar-refractivity contribution in [1.29, 1.82) is 0 Å². The van der Waals surface area contributed by atoms with Crippen molar-refractivity contribution in [3.8, 4) is 5.69 Å². The Labute approximate surface area is 160 Å². The molecule has 1 aromatic carbocycles. The van der Waals surface area contributed by atoms with E-state index in [0.29, 0.717) is 24.2 Å². The number of aromatic nitrogens is 4. The molecule has 8 nitrogen and oxygen atoms in total. The second kappa shape index (κ2) is 7.20. The molecule has 1 atom stereocenters. The van der Waals surface area contributed by atoms with E-state index in [-0.39, 0.29) is 18.2 Å². The molecule has 0 N–H and O–H groups in total. The molecule has 0 spiro atoms. The van der Waals surface area contributed by atoms with Gasteiger partial charge < -0.3 is 4.90 Å². The van der Waals surface area contributed by atoms with Crippen LogP contribution in [0.3, 0.4) is 0 Å². The van der Waals surface area contributed by atoms with E-state index in [9.17, 15) is 13.2 Å². The van der Waals surface area contributed by atoms with Crippen LogP contribution in [0.15, 0.2) is 48.1 Å². The molecule has 0 saturated carbocycles. The maximum absolute atomic E-state index is 13.0. The lowest BCUT2D eigenvalue weighted by Gasteiger charge is -2.20. The summed E-state index contributed by atoms with van der Waals surface area (Å²) in [6.45, 7) is 0.591. The predicted molar refractivity (Wildman–Crippen MR) is 101 cm³/mol. The van der Waals surface area contributed by atoms with Gasteiger partial charge in [0.15, 0.2) is 9.84 Å². The van der Waals surface area contributed by atoms with Gasteiger partial charge in [-0.2, -0.15) is 0 Å². The zero-order chi connectivity index (χ0) is 18.9. The first-order chi connectivity index (χ1) is 13.0. The predicted octanol–water partition coefficient (Wildman–Crippen LogP) is 1.73. The van der Waals surface area contributed by atoms with E-state index in [1.165, 1.54) is 22.3 Å². The van der Waals surface area contributed by atoms with Gasteiger partial charge in [0, 0.05) is 23.5 Å². The molecule has 1 aliphatic rings. The molecule has 27 heavy (non-hydrogen) atoms. The molecule has 1 aliphatic heterocycles. The standard InChI is InChI=1S/C17H17N5O3S2/c23-17(13-3-1-4-14(11-13)22-12-18-19-20-22)21-7-6-16(15-5-2-9-26-15)27(24,25)10-8-21/h1-5,9,11-12,16H,6-8,10H2. The number of hydrogen-bond acceptors (Lipinski definition) is 7. The molecule has 140 valence electrons. The van der Waals surface area contributed by atoms with Crippen LogP contribution < -0.4 is 0 Å². The molecule has 3 aromatic rings. The van der Waals surface area contributed by atoms with Crippen molar-refractivity contribution in [2.75, 3.05) is 18.8 Å². The minimum atomic E-state index is -3.29. The monoisotopic (exact) mass is 403 g/mol. The number of carbonyl (C=O) groups excluding carboxylic acids is 1. The number of sulfone groups is 1. The van der Waals surface area contributed by atoms with Crippen LogP contribution in [0.5, 0.6) is 0 Å². The second-order valence-electron chi connectivity index (χ2n) is 6.26. The third-order valence-corrected chi connectivity index (χ3v) is 7.84. The highest BCUT2D eigenvalue weighted by Gasteiger charge is 2.33. The topological polar surface area (TPSA) is 98.1 Å². The first-order valence-electron chi connectivity index (χ1n) is 8.42. The number of amides is 1. The van der Waals surface area contributed by atoms with Gasteiger partial charge in [0.05, 0.1) is 16.7 Å². The molecule has 1 unspecified atom stereocenters. The van der Waals surface area contributed by atoms with Crippen LogP contribution in [-0.4, -0.2) is 58.3 Å². The second-order valence-corrected chi connectivity index (χ2v) is 9.54. The minimum absolute atomic E-state index is 0.0337. The largest absolute Gasteiger partial charge is 0.338 e. The third-order valence-electron chi connectivity index (χ3n) is 4.59. The number of nitrogens with zero attached hydrogens (tertiary/aromatic N) is 5. The molecule has 3 heterocycles. The Balaban J connectivity index is 1.56. The quantitative estimate of drug-likeness (QED) is 0.660. The lowest BCUT2D eigenvalue weighted by molar-refractivity contribution is 0.0766. The first-order valence-corrected chi connectivity index (χ1v) is 11.0. The molecule has 4 rings (SSSR count). The highest BCUT2D eigenvalue weighted by molar-refractivity contribution is 7.91. The van der Waals surface area contributed by atoms with Gasteiger partial charge in [0.1, 0.15) is 6.33 Å². The van der Waals surface area contributed by atoms with Crippen LogP contribution >= 0.6 is 11.3 Å². The fourth-order valence-corrected chi connectivity index (χ4v) is 6.19. The molecule has 0 bridgehead atoms. The van der Waals surface area contributed by atoms with E-state index in [1.54, 1.807) is 29.2 Å². The van der Waals surface area contributed by atoms with E-state index >= 15 is 0 Å². The fourth-order valence-electron chi connectivity index (χ4n) is 3.18. The van der Waals surface area contributed by atoms with Crippen LogP contribution in [-0.2, 0) is 9.84 Å². The maximum Gasteiger partial charge on any atom is 0.253 e. The van der Waals surface area contributed by atoms with Gasteiger partial charge in [-0.3, -0.25) is 4.79 Å². The van der Waals surface area contributed by atoms with Crippen molar-refractivity contribution in [3.63, 3.8) is 0 Å². The van der Waals surface area contributed by atoms with Crippen LogP contribution in [0.1, 0.15) is 26.9 Å². The summed E-state index contributed by atoms with van der Waals surface area (Å²) >= 11 is 1.44. The van der Waals surface area contributed by atoms with Crippen molar-refractivity contribution in [1.82, 2.24) is 25.1 Å². The molecule has 10 heteroatoms. The highest BCUT2D eigenvalue weighted by atomic mass is 32.2. The molecule has 0 aliphatic carbocycles. The normalized spacial score (nSPS) is 19.6. The van der Waals surface area contributed by atoms with Gasteiger partial charge in [-0.15, -0.1) is 16.4 Å². The van der Waals surface area contributed by atoms with E-state index in [4.69, 9.17) is 0 Å². The number of carbonyl (C=O) groups is 1. The smallest absolute Gasteiger partial charge is 0.253 e. The Morgan fingerprint density at radius 2 is 2.07 bits per heavy atom. The summed E-state index contributed by atoms with van der Waals surface area (Å²) < 4.78 is 26.8. The summed E-state index contributed by atoms with van der Waals surface area (Å²) in [7, 11) is -3.29. The Kier molecular flexibility index (Phi) is 4.75. The van der Waals surface area contributed by atoms with Crippen LogP contribution in [0.25, 0.3) is 5.69 Å². The van der Waals surface area contributed by atoms with Gasteiger partial charge >= 0.3 is 0 Å². The average Bonchev–Trinajstić information content (AvgIpc) is 3.35. The summed E-state index contributed by atoms with van der Waals surface area (Å²) in [5.74, 6) is -0.222. The molecule has 1 fully saturated rings. The highest BCUT2D eigenvalue weighted by Crippen LogP contribution is 2.32. The van der Waals surface area contributed by atoms with Gasteiger partial charge in [0.25, 0.3) is 5.91 Å². The first kappa shape index (κ1) is 17.8. The molecule has 2 aromatic heterocycles. The molecular formula is C17H17N5O3S2. The van der Waals surface area contributed by atoms with Crippen molar-refractivity contribution in [3.05, 3.63) is 58.5 Å². The van der Waals surface area contributed by atoms with Gasteiger partial charge in [-0.05, 0) is 46.5 Å². The lowest BCUT2D eigenvalue weighted by Crippen LogP contribution is -2.33. The summed E-state index contributed by atoms with van der Waals surface area (Å²) in [5, 5.41) is 12.4. The van der Waals surface area contributed by atoms with Gasteiger partial charge in [-0.1, -0.05) is 12.1 Å². The maximum atomic E-state index is 13.0. The van der Waals surface area contributed by atoms with E-state index in [1.807, 2.05) is 17.5 Å². The SMILES string of the molecule is O=C(c1cccc(-n2cnnn2)c1)N1CCC(c2cccs2)S(=O)(=O)CC1. The van der Waals surface area contributed by atoms with Crippen LogP contribution in [0.4, 0.5) is 0 Å². The lowest BCUT2D eigenvalue weighted by atomic mass is 10.1. The third kappa shape index (κ3) is 3.62. The number of benzene rings is 1. The van der Waals surface area contributed by atoms with E-state index in [0.717, 1.165) is 4.88 Å². The van der Waals surface area contributed by atoms with Crippen molar-refractivity contribution in [2.45, 2.75) is 11.7 Å². The van der Waals surface area contributed by atoms with Gasteiger partial charge in [0.2, 0.25) is 0 Å². The summed E-state index contributed by atoms with van der Waals surface area (Å²) in [5.41, 5.74) is 1.15. The van der Waals surface area contributed by atoms with E-state index < -0.39 is 15.1 Å². The summed E-state index contributed by atoms with van der Waals surface area (Å²) in [6.07, 6.45) is 1.86. The minimum Gasteiger partial charge on any atom is -0.338 e. The Morgan fingerprint density at radius 3 is 2.81 bits per heavy atom. The molecule has 1 amide bonds. The van der Waals surface area contributed by atoms with Crippen molar-refractivity contribution >= 4 is 27.1 Å². The number of rotatable bonds is 3.